The molecule has 4 heterocycles. The van der Waals surface area contributed by atoms with E-state index >= 15 is 0 Å². The molecule has 3 aromatic rings. The summed E-state index contributed by atoms with van der Waals surface area (Å²) >= 11 is 1.56. The van der Waals surface area contributed by atoms with Crippen LogP contribution in [-0.4, -0.2) is 27.2 Å². The van der Waals surface area contributed by atoms with Gasteiger partial charge in [0.05, 0.1) is 17.6 Å². The number of nitrogens with one attached hydrogen (secondary N) is 2. The maximum absolute atomic E-state index is 12.6. The van der Waals surface area contributed by atoms with E-state index in [1.165, 1.54) is 11.3 Å². The average Bonchev–Trinajstić information content (AvgIpc) is 3.38. The first-order valence-electron chi connectivity index (χ1n) is 8.35. The molecule has 1 fully saturated rings. The number of anilines is 1. The van der Waals surface area contributed by atoms with Gasteiger partial charge in [-0.1, -0.05) is 6.07 Å². The third-order valence-corrected chi connectivity index (χ3v) is 5.47. The Morgan fingerprint density at radius 3 is 3.08 bits per heavy atom. The molecule has 2 N–H and O–H groups in total. The molecule has 1 aliphatic rings. The largest absolute Gasteiger partial charge is 0.309 e. The number of carbonyl (C=O) groups is 1. The second-order valence-corrected chi connectivity index (χ2v) is 7.16. The second kappa shape index (κ2) is 7.16. The Morgan fingerprint density at radius 1 is 1.32 bits per heavy atom. The van der Waals surface area contributed by atoms with E-state index in [1.54, 1.807) is 40.7 Å². The number of thiophene rings is 1. The van der Waals surface area contributed by atoms with Gasteiger partial charge in [-0.05, 0) is 43.1 Å². The first kappa shape index (κ1) is 16.0. The van der Waals surface area contributed by atoms with Gasteiger partial charge in [-0.15, -0.1) is 11.3 Å². The maximum atomic E-state index is 12.6. The molecule has 0 saturated carbocycles. The Hall–Kier alpha value is -2.51. The van der Waals surface area contributed by atoms with Crippen LogP contribution in [0.25, 0.3) is 0 Å². The normalized spacial score (nSPS) is 16.9. The fraction of sp³-hybridized carbons (Fsp3) is 0.278. The van der Waals surface area contributed by atoms with Gasteiger partial charge < -0.3 is 10.6 Å². The minimum atomic E-state index is -0.0952. The number of pyridine rings is 1. The quantitative estimate of drug-likeness (QED) is 0.739. The molecule has 0 unspecified atom stereocenters. The zero-order valence-corrected chi connectivity index (χ0v) is 14.5. The topological polar surface area (TPSA) is 71.8 Å². The van der Waals surface area contributed by atoms with Gasteiger partial charge in [0.25, 0.3) is 5.91 Å². The lowest BCUT2D eigenvalue weighted by atomic mass is 10.2. The summed E-state index contributed by atoms with van der Waals surface area (Å²) < 4.78 is 1.77. The zero-order valence-electron chi connectivity index (χ0n) is 13.7. The van der Waals surface area contributed by atoms with Crippen LogP contribution in [0.4, 0.5) is 5.82 Å². The maximum Gasteiger partial charge on any atom is 0.266 e. The van der Waals surface area contributed by atoms with Crippen molar-refractivity contribution in [3.8, 4) is 0 Å². The van der Waals surface area contributed by atoms with Gasteiger partial charge in [0.2, 0.25) is 0 Å². The predicted molar refractivity (Wildman–Crippen MR) is 97.8 cm³/mol. The molecule has 6 nitrogen and oxygen atoms in total. The standard InChI is InChI=1S/C18H19N5OS/c24-18(16-6-5-15(25-16)14-4-2-9-20-14)22-17-7-10-21-23(17)12-13-3-1-8-19-11-13/h1,3,5-8,10-11,14,20H,2,4,9,12H2,(H,22,24)/t14-/m1/s1. The highest BCUT2D eigenvalue weighted by Gasteiger charge is 2.20. The highest BCUT2D eigenvalue weighted by atomic mass is 32.1. The number of amides is 1. The summed E-state index contributed by atoms with van der Waals surface area (Å²) in [7, 11) is 0. The van der Waals surface area contributed by atoms with Gasteiger partial charge >= 0.3 is 0 Å². The monoisotopic (exact) mass is 353 g/mol. The number of rotatable bonds is 5. The molecule has 0 bridgehead atoms. The van der Waals surface area contributed by atoms with Crippen LogP contribution in [0.2, 0.25) is 0 Å². The summed E-state index contributed by atoms with van der Waals surface area (Å²) in [6.07, 6.45) is 7.56. The van der Waals surface area contributed by atoms with E-state index in [0.717, 1.165) is 23.4 Å². The molecule has 25 heavy (non-hydrogen) atoms. The third kappa shape index (κ3) is 3.62. The molecule has 4 rings (SSSR count). The fourth-order valence-electron chi connectivity index (χ4n) is 3.00. The van der Waals surface area contributed by atoms with Crippen molar-refractivity contribution in [2.75, 3.05) is 11.9 Å². The lowest BCUT2D eigenvalue weighted by Gasteiger charge is -2.08. The lowest BCUT2D eigenvalue weighted by molar-refractivity contribution is 0.102. The molecular weight excluding hydrogens is 334 g/mol. The van der Waals surface area contributed by atoms with Crippen molar-refractivity contribution in [3.63, 3.8) is 0 Å². The SMILES string of the molecule is O=C(Nc1ccnn1Cc1cccnc1)c1ccc([C@H]2CCCN2)s1. The minimum Gasteiger partial charge on any atom is -0.309 e. The zero-order chi connectivity index (χ0) is 17.1. The summed E-state index contributed by atoms with van der Waals surface area (Å²) in [4.78, 5) is 18.6. The molecule has 0 aromatic carbocycles. The van der Waals surface area contributed by atoms with Gasteiger partial charge in [-0.2, -0.15) is 5.10 Å². The summed E-state index contributed by atoms with van der Waals surface area (Å²) in [5, 5.41) is 10.7. The van der Waals surface area contributed by atoms with Crippen LogP contribution >= 0.6 is 11.3 Å². The van der Waals surface area contributed by atoms with Crippen LogP contribution in [0.3, 0.4) is 0 Å². The molecule has 128 valence electrons. The van der Waals surface area contributed by atoms with E-state index in [1.807, 2.05) is 18.2 Å². The number of hydrogen-bond donors (Lipinski definition) is 2. The number of hydrogen-bond acceptors (Lipinski definition) is 5. The van der Waals surface area contributed by atoms with Gasteiger partial charge in [0.15, 0.2) is 0 Å². The molecule has 1 atom stereocenters. The summed E-state index contributed by atoms with van der Waals surface area (Å²) in [5.74, 6) is 0.588. The van der Waals surface area contributed by atoms with Gasteiger partial charge in [0.1, 0.15) is 5.82 Å². The number of carbonyl (C=O) groups excluding carboxylic acids is 1. The Labute approximate surface area is 149 Å². The molecule has 1 saturated heterocycles. The third-order valence-electron chi connectivity index (χ3n) is 4.27. The van der Waals surface area contributed by atoms with Crippen LogP contribution < -0.4 is 10.6 Å². The molecule has 0 radical (unpaired) electrons. The van der Waals surface area contributed by atoms with Gasteiger partial charge in [-0.3, -0.25) is 9.78 Å². The molecule has 0 aliphatic carbocycles. The van der Waals surface area contributed by atoms with Crippen LogP contribution in [0.5, 0.6) is 0 Å². The highest BCUT2D eigenvalue weighted by Crippen LogP contribution is 2.29. The number of aromatic nitrogens is 3. The summed E-state index contributed by atoms with van der Waals surface area (Å²) in [5.41, 5.74) is 1.03. The van der Waals surface area contributed by atoms with Crippen molar-refractivity contribution in [1.29, 1.82) is 0 Å². The highest BCUT2D eigenvalue weighted by molar-refractivity contribution is 7.14. The second-order valence-electron chi connectivity index (χ2n) is 6.04. The van der Waals surface area contributed by atoms with E-state index in [4.69, 9.17) is 0 Å². The fourth-order valence-corrected chi connectivity index (χ4v) is 4.01. The van der Waals surface area contributed by atoms with E-state index < -0.39 is 0 Å². The van der Waals surface area contributed by atoms with Crippen molar-refractivity contribution >= 4 is 23.1 Å². The first-order chi connectivity index (χ1) is 12.3. The summed E-state index contributed by atoms with van der Waals surface area (Å²) in [6, 6.07) is 10.0. The molecular formula is C18H19N5OS. The van der Waals surface area contributed by atoms with Crippen molar-refractivity contribution in [2.45, 2.75) is 25.4 Å². The number of nitrogens with zero attached hydrogens (tertiary/aromatic N) is 3. The van der Waals surface area contributed by atoms with Crippen LogP contribution in [-0.2, 0) is 6.54 Å². The van der Waals surface area contributed by atoms with E-state index in [2.05, 4.69) is 26.8 Å². The predicted octanol–water partition coefficient (Wildman–Crippen LogP) is 3.06. The summed E-state index contributed by atoms with van der Waals surface area (Å²) in [6.45, 7) is 1.62. The molecule has 0 spiro atoms. The van der Waals surface area contributed by atoms with E-state index in [0.29, 0.717) is 18.4 Å². The van der Waals surface area contributed by atoms with Crippen LogP contribution in [0, 0.1) is 0 Å². The Balaban J connectivity index is 1.45. The molecule has 1 amide bonds. The Morgan fingerprint density at radius 2 is 2.28 bits per heavy atom. The lowest BCUT2D eigenvalue weighted by Crippen LogP contribution is -2.15. The van der Waals surface area contributed by atoms with Crippen molar-refractivity contribution < 1.29 is 4.79 Å². The minimum absolute atomic E-state index is 0.0952. The van der Waals surface area contributed by atoms with Gasteiger partial charge in [0, 0.05) is 29.4 Å². The van der Waals surface area contributed by atoms with Crippen molar-refractivity contribution in [1.82, 2.24) is 20.1 Å². The van der Waals surface area contributed by atoms with Crippen LogP contribution in [0.15, 0.2) is 48.9 Å². The smallest absolute Gasteiger partial charge is 0.266 e. The molecule has 1 aliphatic heterocycles. The van der Waals surface area contributed by atoms with E-state index in [9.17, 15) is 4.79 Å². The van der Waals surface area contributed by atoms with E-state index in [-0.39, 0.29) is 5.91 Å². The molecule has 3 aromatic heterocycles. The average molecular weight is 353 g/mol. The Bertz CT molecular complexity index is 851. The van der Waals surface area contributed by atoms with Crippen molar-refractivity contribution in [2.24, 2.45) is 0 Å². The van der Waals surface area contributed by atoms with Gasteiger partial charge in [-0.25, -0.2) is 4.68 Å². The first-order valence-corrected chi connectivity index (χ1v) is 9.16. The Kier molecular flexibility index (Phi) is 4.58. The van der Waals surface area contributed by atoms with Crippen LogP contribution in [0.1, 0.15) is 39.0 Å². The van der Waals surface area contributed by atoms with Crippen molar-refractivity contribution in [3.05, 3.63) is 64.2 Å². The molecule has 7 heteroatoms.